The Kier molecular flexibility index (Phi) is 6.29. The third-order valence-corrected chi connectivity index (χ3v) is 4.26. The molecule has 0 radical (unpaired) electrons. The number of hydrogen-bond acceptors (Lipinski definition) is 5. The van der Waals surface area contributed by atoms with E-state index in [-0.39, 0.29) is 12.5 Å². The summed E-state index contributed by atoms with van der Waals surface area (Å²) in [5, 5.41) is 16.4. The van der Waals surface area contributed by atoms with Crippen molar-refractivity contribution in [3.8, 4) is 28.4 Å². The van der Waals surface area contributed by atoms with Crippen LogP contribution >= 0.6 is 0 Å². The van der Waals surface area contributed by atoms with E-state index >= 15 is 0 Å². The van der Waals surface area contributed by atoms with Crippen molar-refractivity contribution >= 4 is 5.91 Å². The smallest absolute Gasteiger partial charge is 0.255 e. The number of nitrogens with zero attached hydrogens (tertiary/aromatic N) is 2. The first-order valence-electron chi connectivity index (χ1n) is 8.94. The predicted octanol–water partition coefficient (Wildman–Crippen LogP) is 2.67. The monoisotopic (exact) mass is 381 g/mol. The molecule has 28 heavy (non-hydrogen) atoms. The van der Waals surface area contributed by atoms with Crippen LogP contribution in [0.4, 0.5) is 0 Å². The molecule has 0 aliphatic carbocycles. The fourth-order valence-corrected chi connectivity index (χ4v) is 2.83. The van der Waals surface area contributed by atoms with Gasteiger partial charge >= 0.3 is 0 Å². The highest BCUT2D eigenvalue weighted by molar-refractivity contribution is 6.00. The number of aromatic nitrogens is 2. The van der Waals surface area contributed by atoms with Crippen LogP contribution in [0.3, 0.4) is 0 Å². The zero-order valence-corrected chi connectivity index (χ0v) is 15.9. The average Bonchev–Trinajstić information content (AvgIpc) is 3.19. The summed E-state index contributed by atoms with van der Waals surface area (Å²) in [6.07, 6.45) is 2.17. The standard InChI is InChI=1S/C21H23N3O4/c1-27-16-9-10-19(28-2)17(13-16)20-18(21(26)22-11-6-12-25)14-24(23-20)15-7-4-3-5-8-15/h3-5,7-10,13-14,25H,6,11-12H2,1-2H3,(H,22,26). The molecule has 7 nitrogen and oxygen atoms in total. The number of benzene rings is 2. The number of hydrogen-bond donors (Lipinski definition) is 2. The Balaban J connectivity index is 2.10. The van der Waals surface area contributed by atoms with E-state index in [2.05, 4.69) is 10.4 Å². The first-order valence-corrected chi connectivity index (χ1v) is 8.94. The number of ether oxygens (including phenoxy) is 2. The van der Waals surface area contributed by atoms with Crippen LogP contribution in [0.5, 0.6) is 11.5 Å². The summed E-state index contributed by atoms with van der Waals surface area (Å²) in [4.78, 5) is 12.8. The minimum absolute atomic E-state index is 0.0140. The molecule has 0 aliphatic rings. The second kappa shape index (κ2) is 9.05. The Hall–Kier alpha value is -3.32. The normalized spacial score (nSPS) is 10.5. The maximum Gasteiger partial charge on any atom is 0.255 e. The molecule has 0 fully saturated rings. The van der Waals surface area contributed by atoms with Gasteiger partial charge in [0.15, 0.2) is 0 Å². The average molecular weight is 381 g/mol. The summed E-state index contributed by atoms with van der Waals surface area (Å²) in [7, 11) is 3.15. The molecule has 146 valence electrons. The molecule has 0 aliphatic heterocycles. The van der Waals surface area contributed by atoms with Crippen LogP contribution in [0, 0.1) is 0 Å². The maximum absolute atomic E-state index is 12.8. The second-order valence-electron chi connectivity index (χ2n) is 6.07. The van der Waals surface area contributed by atoms with Crippen LogP contribution in [0.25, 0.3) is 16.9 Å². The summed E-state index contributed by atoms with van der Waals surface area (Å²) in [6.45, 7) is 0.390. The molecular weight excluding hydrogens is 358 g/mol. The quantitative estimate of drug-likeness (QED) is 0.586. The Labute approximate surface area is 163 Å². The van der Waals surface area contributed by atoms with Gasteiger partial charge in [0, 0.05) is 24.9 Å². The van der Waals surface area contributed by atoms with Crippen LogP contribution in [0.15, 0.2) is 54.7 Å². The van der Waals surface area contributed by atoms with Gasteiger partial charge in [-0.15, -0.1) is 0 Å². The zero-order valence-electron chi connectivity index (χ0n) is 15.9. The molecule has 0 unspecified atom stereocenters. The van der Waals surface area contributed by atoms with Crippen molar-refractivity contribution in [2.45, 2.75) is 6.42 Å². The lowest BCUT2D eigenvalue weighted by Gasteiger charge is -2.10. The second-order valence-corrected chi connectivity index (χ2v) is 6.07. The van der Waals surface area contributed by atoms with Crippen molar-refractivity contribution in [2.24, 2.45) is 0 Å². The van der Waals surface area contributed by atoms with E-state index in [0.717, 1.165) is 5.69 Å². The van der Waals surface area contributed by atoms with Crippen LogP contribution in [0.1, 0.15) is 16.8 Å². The molecule has 3 rings (SSSR count). The van der Waals surface area contributed by atoms with E-state index in [4.69, 9.17) is 14.6 Å². The first kappa shape index (κ1) is 19.4. The Morgan fingerprint density at radius 2 is 1.93 bits per heavy atom. The molecule has 7 heteroatoms. The fraction of sp³-hybridized carbons (Fsp3) is 0.238. The molecule has 2 N–H and O–H groups in total. The number of rotatable bonds is 8. The first-order chi connectivity index (χ1) is 13.7. The number of para-hydroxylation sites is 1. The highest BCUT2D eigenvalue weighted by atomic mass is 16.5. The van der Waals surface area contributed by atoms with Crippen LogP contribution in [0.2, 0.25) is 0 Å². The summed E-state index contributed by atoms with van der Waals surface area (Å²) >= 11 is 0. The van der Waals surface area contributed by atoms with Crippen molar-refractivity contribution in [1.82, 2.24) is 15.1 Å². The van der Waals surface area contributed by atoms with Gasteiger partial charge in [-0.25, -0.2) is 4.68 Å². The van der Waals surface area contributed by atoms with Gasteiger partial charge in [0.1, 0.15) is 17.2 Å². The molecule has 1 heterocycles. The van der Waals surface area contributed by atoms with E-state index in [0.29, 0.717) is 41.3 Å². The molecule has 0 spiro atoms. The van der Waals surface area contributed by atoms with E-state index in [9.17, 15) is 4.79 Å². The van der Waals surface area contributed by atoms with Crippen molar-refractivity contribution in [3.05, 3.63) is 60.3 Å². The summed E-state index contributed by atoms with van der Waals surface area (Å²) in [6, 6.07) is 14.9. The molecule has 0 atom stereocenters. The minimum Gasteiger partial charge on any atom is -0.497 e. The van der Waals surface area contributed by atoms with Gasteiger partial charge < -0.3 is 19.9 Å². The van der Waals surface area contributed by atoms with Gasteiger partial charge in [-0.1, -0.05) is 18.2 Å². The van der Waals surface area contributed by atoms with Crippen molar-refractivity contribution in [1.29, 1.82) is 0 Å². The largest absolute Gasteiger partial charge is 0.497 e. The van der Waals surface area contributed by atoms with Crippen LogP contribution < -0.4 is 14.8 Å². The van der Waals surface area contributed by atoms with Crippen LogP contribution in [-0.4, -0.2) is 48.2 Å². The highest BCUT2D eigenvalue weighted by Crippen LogP contribution is 2.35. The fourth-order valence-electron chi connectivity index (χ4n) is 2.83. The van der Waals surface area contributed by atoms with Gasteiger partial charge in [0.2, 0.25) is 0 Å². The Morgan fingerprint density at radius 1 is 1.14 bits per heavy atom. The third-order valence-electron chi connectivity index (χ3n) is 4.26. The lowest BCUT2D eigenvalue weighted by Crippen LogP contribution is -2.25. The lowest BCUT2D eigenvalue weighted by molar-refractivity contribution is 0.0952. The van der Waals surface area contributed by atoms with E-state index < -0.39 is 0 Å². The maximum atomic E-state index is 12.8. The van der Waals surface area contributed by atoms with Crippen molar-refractivity contribution < 1.29 is 19.4 Å². The molecule has 0 bridgehead atoms. The molecule has 0 saturated heterocycles. The van der Waals surface area contributed by atoms with Gasteiger partial charge in [-0.3, -0.25) is 4.79 Å². The van der Waals surface area contributed by atoms with Gasteiger partial charge in [-0.2, -0.15) is 5.10 Å². The van der Waals surface area contributed by atoms with E-state index in [1.54, 1.807) is 43.3 Å². The zero-order chi connectivity index (χ0) is 19.9. The molecule has 3 aromatic rings. The van der Waals surface area contributed by atoms with E-state index in [1.807, 2.05) is 30.3 Å². The number of carbonyl (C=O) groups is 1. The van der Waals surface area contributed by atoms with E-state index in [1.165, 1.54) is 0 Å². The predicted molar refractivity (Wildman–Crippen MR) is 106 cm³/mol. The van der Waals surface area contributed by atoms with Crippen molar-refractivity contribution in [2.75, 3.05) is 27.4 Å². The third kappa shape index (κ3) is 4.15. The Morgan fingerprint density at radius 3 is 2.61 bits per heavy atom. The number of nitrogens with one attached hydrogen (secondary N) is 1. The number of amides is 1. The molecule has 2 aromatic carbocycles. The molecule has 1 aromatic heterocycles. The van der Waals surface area contributed by atoms with Gasteiger partial charge in [0.25, 0.3) is 5.91 Å². The molecule has 1 amide bonds. The van der Waals surface area contributed by atoms with Crippen LogP contribution in [-0.2, 0) is 0 Å². The molecule has 0 saturated carbocycles. The van der Waals surface area contributed by atoms with Crippen molar-refractivity contribution in [3.63, 3.8) is 0 Å². The summed E-state index contributed by atoms with van der Waals surface area (Å²) < 4.78 is 12.5. The topological polar surface area (TPSA) is 85.6 Å². The molecular formula is C21H23N3O4. The lowest BCUT2D eigenvalue weighted by atomic mass is 10.1. The highest BCUT2D eigenvalue weighted by Gasteiger charge is 2.21. The number of aliphatic hydroxyl groups is 1. The minimum atomic E-state index is -0.268. The van der Waals surface area contributed by atoms with Gasteiger partial charge in [0.05, 0.1) is 25.5 Å². The summed E-state index contributed by atoms with van der Waals surface area (Å²) in [5.74, 6) is 0.954. The SMILES string of the molecule is COc1ccc(OC)c(-c2nn(-c3ccccc3)cc2C(=O)NCCCO)c1. The number of methoxy groups -OCH3 is 2. The Bertz CT molecular complexity index is 938. The number of aliphatic hydroxyl groups excluding tert-OH is 1. The van der Waals surface area contributed by atoms with Gasteiger partial charge in [-0.05, 0) is 36.8 Å². The summed E-state index contributed by atoms with van der Waals surface area (Å²) in [5.41, 5.74) is 2.39. The number of carbonyl (C=O) groups excluding carboxylic acids is 1.